The highest BCUT2D eigenvalue weighted by molar-refractivity contribution is 4.77. The van der Waals surface area contributed by atoms with Crippen molar-refractivity contribution in [1.82, 2.24) is 0 Å². The quantitative estimate of drug-likeness (QED) is 0.752. The fourth-order valence-corrected chi connectivity index (χ4v) is 2.25. The summed E-state index contributed by atoms with van der Waals surface area (Å²) in [6.45, 7) is 0. The number of alkyl halides is 3. The molecule has 0 aromatic carbocycles. The van der Waals surface area contributed by atoms with Gasteiger partial charge in [-0.15, -0.1) is 0 Å². The van der Waals surface area contributed by atoms with Crippen molar-refractivity contribution >= 4 is 0 Å². The van der Waals surface area contributed by atoms with Gasteiger partial charge in [-0.1, -0.05) is 32.1 Å². The predicted octanol–water partition coefficient (Wildman–Crippen LogP) is 1.49. The molecule has 4 N–H and O–H groups in total. The molecule has 2 atom stereocenters. The number of halogens is 3. The summed E-state index contributed by atoms with van der Waals surface area (Å²) in [6, 6.07) is -0.923. The number of aliphatic hydroxyl groups is 1. The summed E-state index contributed by atoms with van der Waals surface area (Å²) >= 11 is 0. The summed E-state index contributed by atoms with van der Waals surface area (Å²) in [5.41, 5.74) is 3.43. The van der Waals surface area contributed by atoms with E-state index in [1.807, 2.05) is 0 Å². The number of hydrogen-bond acceptors (Lipinski definition) is 1. The number of rotatable bonds is 3. The van der Waals surface area contributed by atoms with Crippen LogP contribution in [0.4, 0.5) is 13.2 Å². The van der Waals surface area contributed by atoms with Crippen LogP contribution in [0.2, 0.25) is 0 Å². The van der Waals surface area contributed by atoms with Crippen LogP contribution in [-0.2, 0) is 0 Å². The van der Waals surface area contributed by atoms with Crippen LogP contribution in [-0.4, -0.2) is 23.4 Å². The van der Waals surface area contributed by atoms with E-state index in [1.54, 1.807) is 0 Å². The van der Waals surface area contributed by atoms with Crippen molar-refractivity contribution in [1.29, 1.82) is 0 Å². The molecule has 1 aliphatic rings. The Morgan fingerprint density at radius 1 is 1.20 bits per heavy atom. The molecule has 0 bridgehead atoms. The standard InChI is InChI=1S/C10H18F3NO/c11-10(12,13)9(15)8(14)6-7-4-2-1-3-5-7/h7-9,15H,1-6,14H2/p+1/t8-,9+/m1/s1. The Balaban J connectivity index is 2.36. The average Bonchev–Trinajstić information content (AvgIpc) is 2.16. The maximum Gasteiger partial charge on any atom is 0.420 e. The largest absolute Gasteiger partial charge is 0.420 e. The second kappa shape index (κ2) is 5.16. The lowest BCUT2D eigenvalue weighted by molar-refractivity contribution is -0.459. The molecule has 0 spiro atoms. The van der Waals surface area contributed by atoms with E-state index in [0.29, 0.717) is 12.3 Å². The van der Waals surface area contributed by atoms with E-state index < -0.39 is 18.3 Å². The van der Waals surface area contributed by atoms with Gasteiger partial charge in [0.1, 0.15) is 6.04 Å². The van der Waals surface area contributed by atoms with Gasteiger partial charge in [-0.05, 0) is 5.92 Å². The van der Waals surface area contributed by atoms with Crippen molar-refractivity contribution in [2.45, 2.75) is 56.8 Å². The van der Waals surface area contributed by atoms with E-state index >= 15 is 0 Å². The number of quaternary nitrogens is 1. The van der Waals surface area contributed by atoms with Crippen LogP contribution in [0.1, 0.15) is 38.5 Å². The first-order chi connectivity index (χ1) is 6.91. The minimum Gasteiger partial charge on any atom is -0.379 e. The SMILES string of the molecule is [NH3+][C@H](CC1CCCCC1)[C@H](O)C(F)(F)F. The highest BCUT2D eigenvalue weighted by Crippen LogP contribution is 2.29. The normalized spacial score (nSPS) is 23.8. The molecule has 0 aliphatic heterocycles. The zero-order valence-corrected chi connectivity index (χ0v) is 8.76. The van der Waals surface area contributed by atoms with Gasteiger partial charge in [0.05, 0.1) is 0 Å². The van der Waals surface area contributed by atoms with E-state index in [9.17, 15) is 13.2 Å². The first-order valence-corrected chi connectivity index (χ1v) is 5.49. The summed E-state index contributed by atoms with van der Waals surface area (Å²) in [6.07, 6.45) is -1.06. The molecule has 1 rings (SSSR count). The van der Waals surface area contributed by atoms with Crippen LogP contribution >= 0.6 is 0 Å². The third-order valence-corrected chi connectivity index (χ3v) is 3.14. The van der Waals surface area contributed by atoms with Crippen molar-refractivity contribution in [3.63, 3.8) is 0 Å². The van der Waals surface area contributed by atoms with Gasteiger partial charge in [0.15, 0.2) is 0 Å². The maximum atomic E-state index is 12.2. The number of hydrogen-bond donors (Lipinski definition) is 2. The first-order valence-electron chi connectivity index (χ1n) is 5.49. The third kappa shape index (κ3) is 3.99. The van der Waals surface area contributed by atoms with E-state index in [2.05, 4.69) is 5.73 Å². The molecule has 0 aromatic rings. The molecule has 1 aliphatic carbocycles. The first kappa shape index (κ1) is 12.8. The molecule has 90 valence electrons. The fraction of sp³-hybridized carbons (Fsp3) is 1.00. The molecule has 0 heterocycles. The average molecular weight is 226 g/mol. The Morgan fingerprint density at radius 2 is 1.73 bits per heavy atom. The maximum absolute atomic E-state index is 12.2. The zero-order valence-electron chi connectivity index (χ0n) is 8.76. The van der Waals surface area contributed by atoms with Gasteiger partial charge >= 0.3 is 6.18 Å². The molecular weight excluding hydrogens is 207 g/mol. The van der Waals surface area contributed by atoms with Crippen molar-refractivity contribution < 1.29 is 24.0 Å². The second-order valence-electron chi connectivity index (χ2n) is 4.49. The second-order valence-corrected chi connectivity index (χ2v) is 4.49. The van der Waals surface area contributed by atoms with Gasteiger partial charge in [0.25, 0.3) is 0 Å². The Labute approximate surface area is 87.6 Å². The van der Waals surface area contributed by atoms with Crippen LogP contribution < -0.4 is 5.73 Å². The highest BCUT2D eigenvalue weighted by Gasteiger charge is 2.44. The summed E-state index contributed by atoms with van der Waals surface area (Å²) < 4.78 is 36.5. The Bertz CT molecular complexity index is 190. The lowest BCUT2D eigenvalue weighted by Crippen LogP contribution is -2.69. The fourth-order valence-electron chi connectivity index (χ4n) is 2.25. The predicted molar refractivity (Wildman–Crippen MR) is 49.9 cm³/mol. The van der Waals surface area contributed by atoms with Gasteiger partial charge in [0.2, 0.25) is 6.10 Å². The Hall–Kier alpha value is -0.290. The topological polar surface area (TPSA) is 47.9 Å². The minimum atomic E-state index is -4.53. The third-order valence-electron chi connectivity index (χ3n) is 3.14. The lowest BCUT2D eigenvalue weighted by atomic mass is 9.84. The van der Waals surface area contributed by atoms with Crippen molar-refractivity contribution in [2.24, 2.45) is 5.92 Å². The van der Waals surface area contributed by atoms with E-state index in [-0.39, 0.29) is 0 Å². The molecule has 2 nitrogen and oxygen atoms in total. The molecule has 5 heteroatoms. The molecule has 15 heavy (non-hydrogen) atoms. The molecule has 1 fully saturated rings. The van der Waals surface area contributed by atoms with Gasteiger partial charge in [-0.3, -0.25) is 0 Å². The van der Waals surface area contributed by atoms with Crippen molar-refractivity contribution in [2.75, 3.05) is 0 Å². The summed E-state index contributed by atoms with van der Waals surface area (Å²) in [4.78, 5) is 0. The van der Waals surface area contributed by atoms with Crippen LogP contribution in [0.15, 0.2) is 0 Å². The van der Waals surface area contributed by atoms with E-state index in [0.717, 1.165) is 25.7 Å². The summed E-state index contributed by atoms with van der Waals surface area (Å²) in [7, 11) is 0. The van der Waals surface area contributed by atoms with Crippen molar-refractivity contribution in [3.8, 4) is 0 Å². The van der Waals surface area contributed by atoms with Gasteiger partial charge in [-0.2, -0.15) is 13.2 Å². The van der Waals surface area contributed by atoms with Gasteiger partial charge < -0.3 is 10.8 Å². The zero-order chi connectivity index (χ0) is 11.5. The molecule has 0 aromatic heterocycles. The minimum absolute atomic E-state index is 0.318. The van der Waals surface area contributed by atoms with Crippen LogP contribution in [0, 0.1) is 5.92 Å². The van der Waals surface area contributed by atoms with Crippen molar-refractivity contribution in [3.05, 3.63) is 0 Å². The molecule has 0 saturated heterocycles. The monoisotopic (exact) mass is 226 g/mol. The molecule has 0 radical (unpaired) electrons. The molecule has 1 saturated carbocycles. The van der Waals surface area contributed by atoms with Gasteiger partial charge in [-0.25, -0.2) is 0 Å². The molecule has 0 unspecified atom stereocenters. The summed E-state index contributed by atoms with van der Waals surface area (Å²) in [5.74, 6) is 0.318. The van der Waals surface area contributed by atoms with Crippen LogP contribution in [0.3, 0.4) is 0 Å². The smallest absolute Gasteiger partial charge is 0.379 e. The summed E-state index contributed by atoms with van der Waals surface area (Å²) in [5, 5.41) is 9.00. The molecular formula is C10H19F3NO+. The van der Waals surface area contributed by atoms with Gasteiger partial charge in [0, 0.05) is 6.42 Å². The Morgan fingerprint density at radius 3 is 2.20 bits per heavy atom. The number of aliphatic hydroxyl groups excluding tert-OH is 1. The Kier molecular flexibility index (Phi) is 4.40. The lowest BCUT2D eigenvalue weighted by Gasteiger charge is -2.25. The highest BCUT2D eigenvalue weighted by atomic mass is 19.4. The van der Waals surface area contributed by atoms with Crippen LogP contribution in [0.5, 0.6) is 0 Å². The van der Waals surface area contributed by atoms with E-state index in [4.69, 9.17) is 5.11 Å². The van der Waals surface area contributed by atoms with Crippen LogP contribution in [0.25, 0.3) is 0 Å². The molecule has 0 amide bonds. The van der Waals surface area contributed by atoms with E-state index in [1.165, 1.54) is 6.42 Å².